The molecule has 114 valence electrons. The van der Waals surface area contributed by atoms with Gasteiger partial charge in [0.15, 0.2) is 0 Å². The highest BCUT2D eigenvalue weighted by Crippen LogP contribution is 2.46. The minimum atomic E-state index is -0.155. The van der Waals surface area contributed by atoms with Crippen LogP contribution < -0.4 is 5.32 Å². The van der Waals surface area contributed by atoms with Crippen molar-refractivity contribution in [2.75, 3.05) is 6.54 Å². The minimum absolute atomic E-state index is 0.155. The summed E-state index contributed by atoms with van der Waals surface area (Å²) in [7, 11) is 0. The second kappa shape index (κ2) is 5.55. The SMILES string of the molecule is N#Cc1cccc(C2=NC(c3ccccc3)(C3CCC3)CN2)c1. The summed E-state index contributed by atoms with van der Waals surface area (Å²) in [5, 5.41) is 12.6. The maximum atomic E-state index is 9.11. The highest BCUT2D eigenvalue weighted by molar-refractivity contribution is 6.00. The van der Waals surface area contributed by atoms with E-state index in [2.05, 4.69) is 41.7 Å². The van der Waals surface area contributed by atoms with E-state index in [0.717, 1.165) is 17.9 Å². The van der Waals surface area contributed by atoms with Crippen LogP contribution in [0, 0.1) is 17.2 Å². The molecule has 1 aliphatic heterocycles. The van der Waals surface area contributed by atoms with Gasteiger partial charge in [-0.25, -0.2) is 0 Å². The molecule has 0 radical (unpaired) electrons. The van der Waals surface area contributed by atoms with Crippen LogP contribution in [0.1, 0.15) is 36.0 Å². The summed E-state index contributed by atoms with van der Waals surface area (Å²) in [5.41, 5.74) is 2.81. The zero-order valence-electron chi connectivity index (χ0n) is 13.0. The Balaban J connectivity index is 1.77. The number of rotatable bonds is 3. The van der Waals surface area contributed by atoms with Gasteiger partial charge in [0.1, 0.15) is 11.4 Å². The van der Waals surface area contributed by atoms with Crippen molar-refractivity contribution in [1.82, 2.24) is 5.32 Å². The second-order valence-corrected chi connectivity index (χ2v) is 6.42. The van der Waals surface area contributed by atoms with Crippen molar-refractivity contribution in [3.8, 4) is 6.07 Å². The first-order chi connectivity index (χ1) is 11.3. The second-order valence-electron chi connectivity index (χ2n) is 6.42. The molecular formula is C20H19N3. The largest absolute Gasteiger partial charge is 0.367 e. The Morgan fingerprint density at radius 2 is 1.91 bits per heavy atom. The smallest absolute Gasteiger partial charge is 0.129 e. The fourth-order valence-corrected chi connectivity index (χ4v) is 3.65. The van der Waals surface area contributed by atoms with Gasteiger partial charge in [0.2, 0.25) is 0 Å². The third kappa shape index (κ3) is 2.31. The number of amidine groups is 1. The summed E-state index contributed by atoms with van der Waals surface area (Å²) in [6.45, 7) is 0.841. The van der Waals surface area contributed by atoms with Crippen LogP contribution >= 0.6 is 0 Å². The molecule has 0 bridgehead atoms. The highest BCUT2D eigenvalue weighted by Gasteiger charge is 2.46. The lowest BCUT2D eigenvalue weighted by molar-refractivity contribution is 0.179. The minimum Gasteiger partial charge on any atom is -0.367 e. The van der Waals surface area contributed by atoms with Gasteiger partial charge in [-0.05, 0) is 36.5 Å². The summed E-state index contributed by atoms with van der Waals surface area (Å²) in [6.07, 6.45) is 3.78. The van der Waals surface area contributed by atoms with E-state index in [1.807, 2.05) is 24.3 Å². The predicted molar refractivity (Wildman–Crippen MR) is 91.2 cm³/mol. The molecule has 2 aliphatic rings. The topological polar surface area (TPSA) is 48.2 Å². The number of benzene rings is 2. The quantitative estimate of drug-likeness (QED) is 0.941. The third-order valence-corrected chi connectivity index (χ3v) is 5.16. The fraction of sp³-hybridized carbons (Fsp3) is 0.300. The fourth-order valence-electron chi connectivity index (χ4n) is 3.65. The lowest BCUT2D eigenvalue weighted by Crippen LogP contribution is -2.41. The molecule has 1 N–H and O–H groups in total. The van der Waals surface area contributed by atoms with Gasteiger partial charge in [-0.3, -0.25) is 4.99 Å². The molecule has 3 nitrogen and oxygen atoms in total. The average Bonchev–Trinajstić information content (AvgIpc) is 3.00. The molecule has 0 amide bonds. The molecule has 2 aromatic rings. The van der Waals surface area contributed by atoms with Crippen molar-refractivity contribution in [1.29, 1.82) is 5.26 Å². The van der Waals surface area contributed by atoms with Crippen molar-refractivity contribution >= 4 is 5.84 Å². The molecule has 2 aromatic carbocycles. The van der Waals surface area contributed by atoms with Gasteiger partial charge in [0, 0.05) is 12.1 Å². The number of hydrogen-bond acceptors (Lipinski definition) is 3. The summed E-state index contributed by atoms with van der Waals surface area (Å²) < 4.78 is 0. The Morgan fingerprint density at radius 3 is 2.61 bits per heavy atom. The average molecular weight is 301 g/mol. The molecular weight excluding hydrogens is 282 g/mol. The van der Waals surface area contributed by atoms with Crippen LogP contribution in [0.4, 0.5) is 0 Å². The van der Waals surface area contributed by atoms with E-state index in [-0.39, 0.29) is 5.54 Å². The Bertz CT molecular complexity index is 784. The number of hydrogen-bond donors (Lipinski definition) is 1. The standard InChI is InChI=1S/C20H19N3/c21-13-15-6-4-7-16(12-15)19-22-14-20(23-19,18-10-5-11-18)17-8-2-1-3-9-17/h1-4,6-9,12,18H,5,10-11,14H2,(H,22,23). The number of nitrogens with one attached hydrogen (secondary N) is 1. The number of nitrogens with zero attached hydrogens (tertiary/aromatic N) is 2. The van der Waals surface area contributed by atoms with Gasteiger partial charge in [0.05, 0.1) is 11.6 Å². The van der Waals surface area contributed by atoms with Crippen LogP contribution in [-0.4, -0.2) is 12.4 Å². The Hall–Kier alpha value is -2.60. The van der Waals surface area contributed by atoms with Crippen LogP contribution in [0.3, 0.4) is 0 Å². The molecule has 1 aliphatic carbocycles. The van der Waals surface area contributed by atoms with Crippen LogP contribution in [0.5, 0.6) is 0 Å². The van der Waals surface area contributed by atoms with Gasteiger partial charge in [-0.15, -0.1) is 0 Å². The molecule has 1 saturated carbocycles. The van der Waals surface area contributed by atoms with Crippen LogP contribution in [0.2, 0.25) is 0 Å². The van der Waals surface area contributed by atoms with Gasteiger partial charge >= 0.3 is 0 Å². The maximum absolute atomic E-state index is 9.11. The van der Waals surface area contributed by atoms with Crippen LogP contribution in [-0.2, 0) is 5.54 Å². The molecule has 1 heterocycles. The maximum Gasteiger partial charge on any atom is 0.129 e. The molecule has 0 spiro atoms. The number of nitriles is 1. The molecule has 0 aromatic heterocycles. The first-order valence-corrected chi connectivity index (χ1v) is 8.22. The van der Waals surface area contributed by atoms with Crippen LogP contribution in [0.15, 0.2) is 59.6 Å². The van der Waals surface area contributed by atoms with Gasteiger partial charge < -0.3 is 5.32 Å². The Labute approximate surface area is 136 Å². The first-order valence-electron chi connectivity index (χ1n) is 8.22. The zero-order valence-corrected chi connectivity index (χ0v) is 13.0. The molecule has 23 heavy (non-hydrogen) atoms. The molecule has 0 saturated heterocycles. The summed E-state index contributed by atoms with van der Waals surface area (Å²) in [4.78, 5) is 5.15. The Morgan fingerprint density at radius 1 is 1.09 bits per heavy atom. The van der Waals surface area contributed by atoms with E-state index in [4.69, 9.17) is 10.3 Å². The lowest BCUT2D eigenvalue weighted by Gasteiger charge is -2.40. The normalized spacial score (nSPS) is 23.5. The Kier molecular flexibility index (Phi) is 3.38. The van der Waals surface area contributed by atoms with Crippen molar-refractivity contribution in [2.45, 2.75) is 24.8 Å². The summed E-state index contributed by atoms with van der Waals surface area (Å²) in [5.74, 6) is 1.52. The zero-order chi connectivity index (χ0) is 15.7. The van der Waals surface area contributed by atoms with Crippen molar-refractivity contribution in [3.63, 3.8) is 0 Å². The highest BCUT2D eigenvalue weighted by atomic mass is 15.1. The van der Waals surface area contributed by atoms with Crippen molar-refractivity contribution in [2.24, 2.45) is 10.9 Å². The molecule has 1 atom stereocenters. The van der Waals surface area contributed by atoms with Gasteiger partial charge in [-0.1, -0.05) is 48.9 Å². The van der Waals surface area contributed by atoms with Crippen molar-refractivity contribution in [3.05, 3.63) is 71.3 Å². The molecule has 4 rings (SSSR count). The first kappa shape index (κ1) is 14.0. The lowest BCUT2D eigenvalue weighted by atomic mass is 9.68. The monoisotopic (exact) mass is 301 g/mol. The summed E-state index contributed by atoms with van der Waals surface area (Å²) >= 11 is 0. The van der Waals surface area contributed by atoms with E-state index >= 15 is 0 Å². The van der Waals surface area contributed by atoms with E-state index in [9.17, 15) is 0 Å². The number of aliphatic imine (C=N–C) groups is 1. The van der Waals surface area contributed by atoms with E-state index < -0.39 is 0 Å². The van der Waals surface area contributed by atoms with Gasteiger partial charge in [0.25, 0.3) is 0 Å². The van der Waals surface area contributed by atoms with Gasteiger partial charge in [-0.2, -0.15) is 5.26 Å². The summed E-state index contributed by atoms with van der Waals surface area (Å²) in [6, 6.07) is 20.5. The molecule has 3 heteroatoms. The molecule has 1 unspecified atom stereocenters. The van der Waals surface area contributed by atoms with E-state index in [1.165, 1.54) is 24.8 Å². The van der Waals surface area contributed by atoms with Crippen molar-refractivity contribution < 1.29 is 0 Å². The van der Waals surface area contributed by atoms with Crippen LogP contribution in [0.25, 0.3) is 0 Å². The third-order valence-electron chi connectivity index (χ3n) is 5.16. The predicted octanol–water partition coefficient (Wildman–Crippen LogP) is 3.60. The van der Waals surface area contributed by atoms with E-state index in [1.54, 1.807) is 0 Å². The van der Waals surface area contributed by atoms with E-state index in [0.29, 0.717) is 11.5 Å². The molecule has 1 fully saturated rings.